The van der Waals surface area contributed by atoms with E-state index in [1.54, 1.807) is 12.3 Å². The Labute approximate surface area is 180 Å². The summed E-state index contributed by atoms with van der Waals surface area (Å²) < 4.78 is 15.2. The van der Waals surface area contributed by atoms with E-state index >= 15 is 0 Å². The van der Waals surface area contributed by atoms with Gasteiger partial charge in [0.2, 0.25) is 0 Å². The van der Waals surface area contributed by atoms with Crippen molar-refractivity contribution in [3.05, 3.63) is 78.8 Å². The van der Waals surface area contributed by atoms with Crippen LogP contribution in [0.5, 0.6) is 0 Å². The second kappa shape index (κ2) is 7.98. The molecule has 4 rings (SSSR count). The fourth-order valence-electron chi connectivity index (χ4n) is 3.42. The van der Waals surface area contributed by atoms with E-state index in [9.17, 15) is 4.39 Å². The zero-order valence-corrected chi connectivity index (χ0v) is 17.7. The first-order chi connectivity index (χ1) is 14.9. The molecule has 0 bridgehead atoms. The number of aryl methyl sites for hydroxylation is 1. The van der Waals surface area contributed by atoms with Gasteiger partial charge < -0.3 is 25.4 Å². The summed E-state index contributed by atoms with van der Waals surface area (Å²) >= 11 is 0. The van der Waals surface area contributed by atoms with Gasteiger partial charge in [0, 0.05) is 68.3 Å². The summed E-state index contributed by atoms with van der Waals surface area (Å²) in [4.78, 5) is 10.5. The van der Waals surface area contributed by atoms with Gasteiger partial charge in [-0.05, 0) is 18.2 Å². The number of nitrogens with one attached hydrogen (secondary N) is 3. The second-order valence-electron chi connectivity index (χ2n) is 7.24. The topological polar surface area (TPSA) is 70.0 Å². The molecule has 0 atom stereocenters. The van der Waals surface area contributed by atoms with E-state index in [-0.39, 0.29) is 0 Å². The van der Waals surface area contributed by atoms with Crippen molar-refractivity contribution in [3.63, 3.8) is 0 Å². The van der Waals surface area contributed by atoms with Gasteiger partial charge in [-0.2, -0.15) is 0 Å². The quantitative estimate of drug-likeness (QED) is 0.548. The van der Waals surface area contributed by atoms with Crippen LogP contribution in [0.25, 0.3) is 17.5 Å². The lowest BCUT2D eigenvalue weighted by Gasteiger charge is -2.23. The Balaban J connectivity index is 1.73. The number of nitrogens with zero attached hydrogens (tertiary/aromatic N) is 4. The highest BCUT2D eigenvalue weighted by molar-refractivity contribution is 5.88. The van der Waals surface area contributed by atoms with Crippen molar-refractivity contribution < 1.29 is 4.39 Å². The van der Waals surface area contributed by atoms with E-state index in [1.165, 1.54) is 6.07 Å². The molecule has 0 radical (unpaired) electrons. The summed E-state index contributed by atoms with van der Waals surface area (Å²) in [7, 11) is 5.78. The van der Waals surface area contributed by atoms with Crippen LogP contribution < -0.4 is 16.0 Å². The van der Waals surface area contributed by atoms with Gasteiger partial charge in [0.15, 0.2) is 0 Å². The summed E-state index contributed by atoms with van der Waals surface area (Å²) in [5.74, 6) is 0.668. The molecule has 0 saturated heterocycles. The molecule has 0 saturated carbocycles. The third-order valence-corrected chi connectivity index (χ3v) is 5.18. The van der Waals surface area contributed by atoms with E-state index in [0.717, 1.165) is 45.8 Å². The van der Waals surface area contributed by atoms with Crippen LogP contribution in [0.1, 0.15) is 16.8 Å². The summed E-state index contributed by atoms with van der Waals surface area (Å²) in [6, 6.07) is 4.77. The maximum absolute atomic E-state index is 13.2. The minimum atomic E-state index is -0.394. The summed E-state index contributed by atoms with van der Waals surface area (Å²) in [5, 5.41) is 9.70. The molecule has 1 aliphatic heterocycles. The second-order valence-corrected chi connectivity index (χ2v) is 7.24. The van der Waals surface area contributed by atoms with Gasteiger partial charge >= 0.3 is 0 Å². The molecule has 0 aliphatic carbocycles. The first kappa shape index (κ1) is 20.2. The predicted octanol–water partition coefficient (Wildman–Crippen LogP) is 4.52. The van der Waals surface area contributed by atoms with Crippen LogP contribution in [0.4, 0.5) is 27.4 Å². The number of fused-ring (bicyclic) bond motifs is 1. The molecule has 7 nitrogen and oxygen atoms in total. The van der Waals surface area contributed by atoms with Crippen molar-refractivity contribution in [2.24, 2.45) is 7.05 Å². The number of hydrogen-bond donors (Lipinski definition) is 3. The molecule has 3 N–H and O–H groups in total. The van der Waals surface area contributed by atoms with Crippen LogP contribution in [0.3, 0.4) is 0 Å². The highest BCUT2D eigenvalue weighted by Crippen LogP contribution is 2.37. The van der Waals surface area contributed by atoms with Crippen LogP contribution in [-0.4, -0.2) is 33.5 Å². The van der Waals surface area contributed by atoms with Crippen molar-refractivity contribution >= 4 is 40.5 Å². The standard InChI is InChI=1S/C23H24FN7/c1-14(25-3)17-12-27-22(29-21-7-6-16(24)11-26-21)10-18(17)28-19-13-31(5)20-8-9-30(4)15(2)23(19)20/h6-13,25H,1-2H2,3-5H3,(H2,26,27,28,29). The van der Waals surface area contributed by atoms with Gasteiger partial charge in [-0.1, -0.05) is 13.2 Å². The zero-order valence-electron chi connectivity index (χ0n) is 17.7. The summed E-state index contributed by atoms with van der Waals surface area (Å²) in [6.07, 6.45) is 8.96. The highest BCUT2D eigenvalue weighted by atomic mass is 19.1. The van der Waals surface area contributed by atoms with Gasteiger partial charge in [0.1, 0.15) is 17.5 Å². The third-order valence-electron chi connectivity index (χ3n) is 5.18. The van der Waals surface area contributed by atoms with Crippen molar-refractivity contribution in [1.29, 1.82) is 0 Å². The van der Waals surface area contributed by atoms with E-state index in [0.29, 0.717) is 11.6 Å². The van der Waals surface area contributed by atoms with E-state index in [2.05, 4.69) is 49.7 Å². The number of pyridine rings is 2. The Morgan fingerprint density at radius 2 is 1.84 bits per heavy atom. The highest BCUT2D eigenvalue weighted by Gasteiger charge is 2.21. The fraction of sp³-hybridized carbons (Fsp3) is 0.130. The predicted molar refractivity (Wildman–Crippen MR) is 124 cm³/mol. The molecule has 0 aromatic carbocycles. The summed E-state index contributed by atoms with van der Waals surface area (Å²) in [5.41, 5.74) is 6.27. The van der Waals surface area contributed by atoms with Gasteiger partial charge in [-0.3, -0.25) is 0 Å². The van der Waals surface area contributed by atoms with E-state index in [4.69, 9.17) is 0 Å². The number of aromatic nitrogens is 3. The molecule has 4 heterocycles. The number of rotatable bonds is 6. The number of halogens is 1. The van der Waals surface area contributed by atoms with Crippen LogP contribution in [0, 0.1) is 5.82 Å². The van der Waals surface area contributed by atoms with Gasteiger partial charge in [0.25, 0.3) is 0 Å². The molecular formula is C23H24FN7. The third kappa shape index (κ3) is 3.87. The molecule has 158 valence electrons. The molecule has 0 amide bonds. The maximum Gasteiger partial charge on any atom is 0.141 e. The maximum atomic E-state index is 13.2. The molecule has 1 aliphatic rings. The average molecular weight is 417 g/mol. The minimum absolute atomic E-state index is 0.394. The van der Waals surface area contributed by atoms with Crippen LogP contribution >= 0.6 is 0 Å². The molecule has 0 spiro atoms. The molecule has 3 aromatic rings. The monoisotopic (exact) mass is 417 g/mol. The molecule has 31 heavy (non-hydrogen) atoms. The largest absolute Gasteiger partial charge is 0.388 e. The Bertz CT molecular complexity index is 1190. The molecular weight excluding hydrogens is 393 g/mol. The SMILES string of the molecule is C=C(NC)c1cnc(Nc2ccc(F)cn2)cc1Nc1cn(C)c2c1C(=C)N(C)C=C2. The van der Waals surface area contributed by atoms with Crippen molar-refractivity contribution in [2.45, 2.75) is 0 Å². The van der Waals surface area contributed by atoms with E-state index in [1.807, 2.05) is 44.5 Å². The fourth-order valence-corrected chi connectivity index (χ4v) is 3.42. The lowest BCUT2D eigenvalue weighted by atomic mass is 10.1. The average Bonchev–Trinajstić information content (AvgIpc) is 3.07. The van der Waals surface area contributed by atoms with Crippen LogP contribution in [-0.2, 0) is 7.05 Å². The Morgan fingerprint density at radius 1 is 1.06 bits per heavy atom. The molecule has 8 heteroatoms. The Morgan fingerprint density at radius 3 is 2.55 bits per heavy atom. The molecule has 0 unspecified atom stereocenters. The van der Waals surface area contributed by atoms with Crippen molar-refractivity contribution in [3.8, 4) is 0 Å². The molecule has 3 aromatic heterocycles. The van der Waals surface area contributed by atoms with Crippen LogP contribution in [0.15, 0.2) is 56.1 Å². The lowest BCUT2D eigenvalue weighted by Crippen LogP contribution is -2.13. The minimum Gasteiger partial charge on any atom is -0.388 e. The van der Waals surface area contributed by atoms with E-state index < -0.39 is 5.82 Å². The first-order valence-corrected chi connectivity index (χ1v) is 9.69. The Kier molecular flexibility index (Phi) is 5.21. The van der Waals surface area contributed by atoms with Gasteiger partial charge in [-0.25, -0.2) is 14.4 Å². The first-order valence-electron chi connectivity index (χ1n) is 9.69. The normalized spacial score (nSPS) is 12.5. The summed E-state index contributed by atoms with van der Waals surface area (Å²) in [6.45, 7) is 8.32. The van der Waals surface area contributed by atoms with Crippen LogP contribution in [0.2, 0.25) is 0 Å². The van der Waals surface area contributed by atoms with Crippen molar-refractivity contribution in [1.82, 2.24) is 24.8 Å². The zero-order chi connectivity index (χ0) is 22.1. The number of hydrogen-bond acceptors (Lipinski definition) is 6. The molecule has 0 fully saturated rings. The van der Waals surface area contributed by atoms with Gasteiger partial charge in [-0.15, -0.1) is 0 Å². The van der Waals surface area contributed by atoms with Gasteiger partial charge in [0.05, 0.1) is 23.3 Å². The lowest BCUT2D eigenvalue weighted by molar-refractivity contribution is 0.622. The Hall–Kier alpha value is -4.07. The smallest absolute Gasteiger partial charge is 0.141 e. The van der Waals surface area contributed by atoms with Crippen molar-refractivity contribution in [2.75, 3.05) is 24.7 Å². The number of anilines is 4.